The predicted octanol–water partition coefficient (Wildman–Crippen LogP) is 4.10. The first kappa shape index (κ1) is 25.9. The first-order valence-corrected chi connectivity index (χ1v) is 10.1. The second-order valence-electron chi connectivity index (χ2n) is 8.42. The highest BCUT2D eigenvalue weighted by molar-refractivity contribution is 5.90. The minimum absolute atomic E-state index is 0.0972. The Morgan fingerprint density at radius 1 is 0.909 bits per heavy atom. The van der Waals surface area contributed by atoms with Crippen LogP contribution in [0.3, 0.4) is 0 Å². The monoisotopic (exact) mass is 465 g/mol. The van der Waals surface area contributed by atoms with Crippen LogP contribution < -0.4 is 5.32 Å². The Bertz CT molecular complexity index is 977. The van der Waals surface area contributed by atoms with Gasteiger partial charge in [-0.25, -0.2) is 9.59 Å². The molecule has 0 aliphatic rings. The number of hydrogen-bond donors (Lipinski definition) is 1. The molecule has 0 radical (unpaired) electrons. The number of esters is 2. The van der Waals surface area contributed by atoms with Crippen molar-refractivity contribution in [2.45, 2.75) is 51.4 Å². The van der Waals surface area contributed by atoms with Gasteiger partial charge >= 0.3 is 18.1 Å². The average molecular weight is 465 g/mol. The number of carbonyl (C=O) groups is 3. The Morgan fingerprint density at radius 3 is 1.94 bits per heavy atom. The van der Waals surface area contributed by atoms with Crippen molar-refractivity contribution >= 4 is 17.8 Å². The summed E-state index contributed by atoms with van der Waals surface area (Å²) in [6.45, 7) is 5.27. The van der Waals surface area contributed by atoms with Gasteiger partial charge in [0.05, 0.1) is 24.7 Å². The molecular weight excluding hydrogens is 439 g/mol. The van der Waals surface area contributed by atoms with Crippen LogP contribution in [0.15, 0.2) is 48.5 Å². The van der Waals surface area contributed by atoms with Gasteiger partial charge in [0, 0.05) is 6.42 Å². The van der Waals surface area contributed by atoms with Crippen LogP contribution in [0.4, 0.5) is 13.2 Å². The third-order valence-corrected chi connectivity index (χ3v) is 4.50. The Balaban J connectivity index is 2.04. The molecule has 0 saturated heterocycles. The molecule has 0 bridgehead atoms. The predicted molar refractivity (Wildman–Crippen MR) is 114 cm³/mol. The van der Waals surface area contributed by atoms with E-state index in [-0.39, 0.29) is 12.8 Å². The largest absolute Gasteiger partial charge is 0.467 e. The molecule has 1 amide bonds. The summed E-state index contributed by atoms with van der Waals surface area (Å²) < 4.78 is 48.1. The van der Waals surface area contributed by atoms with E-state index in [1.807, 2.05) is 0 Å². The van der Waals surface area contributed by atoms with Crippen molar-refractivity contribution in [3.05, 3.63) is 70.8 Å². The van der Waals surface area contributed by atoms with E-state index in [0.29, 0.717) is 16.7 Å². The van der Waals surface area contributed by atoms with Gasteiger partial charge in [0.15, 0.2) is 0 Å². The van der Waals surface area contributed by atoms with Crippen LogP contribution >= 0.6 is 0 Å². The maximum Gasteiger partial charge on any atom is 0.416 e. The summed E-state index contributed by atoms with van der Waals surface area (Å²) in [5.74, 6) is -1.70. The Hall–Kier alpha value is -3.36. The lowest BCUT2D eigenvalue weighted by Crippen LogP contribution is -2.43. The Morgan fingerprint density at radius 2 is 1.45 bits per heavy atom. The number of halogens is 3. The van der Waals surface area contributed by atoms with E-state index in [2.05, 4.69) is 5.32 Å². The number of benzene rings is 2. The van der Waals surface area contributed by atoms with E-state index in [0.717, 1.165) is 12.1 Å². The van der Waals surface area contributed by atoms with Crippen LogP contribution in [0.2, 0.25) is 0 Å². The van der Waals surface area contributed by atoms with Crippen LogP contribution in [-0.2, 0) is 38.1 Å². The molecule has 2 aromatic rings. The fourth-order valence-corrected chi connectivity index (χ4v) is 2.93. The highest BCUT2D eigenvalue weighted by Crippen LogP contribution is 2.29. The van der Waals surface area contributed by atoms with Gasteiger partial charge in [-0.05, 0) is 56.2 Å². The van der Waals surface area contributed by atoms with Crippen LogP contribution in [0.1, 0.15) is 47.8 Å². The van der Waals surface area contributed by atoms with E-state index in [4.69, 9.17) is 9.47 Å². The molecule has 0 unspecified atom stereocenters. The summed E-state index contributed by atoms with van der Waals surface area (Å²) in [5, 5.41) is 2.55. The van der Waals surface area contributed by atoms with Gasteiger partial charge in [-0.15, -0.1) is 0 Å². The molecule has 33 heavy (non-hydrogen) atoms. The maximum absolute atomic E-state index is 12.7. The summed E-state index contributed by atoms with van der Waals surface area (Å²) in [4.78, 5) is 36.7. The maximum atomic E-state index is 12.7. The molecule has 0 heterocycles. The molecule has 6 nitrogen and oxygen atoms in total. The summed E-state index contributed by atoms with van der Waals surface area (Å²) >= 11 is 0. The normalized spacial score (nSPS) is 12.6. The smallest absolute Gasteiger partial charge is 0.416 e. The first-order chi connectivity index (χ1) is 15.3. The molecule has 0 aliphatic heterocycles. The fourth-order valence-electron chi connectivity index (χ4n) is 2.93. The van der Waals surface area contributed by atoms with Crippen LogP contribution in [0, 0.1) is 0 Å². The average Bonchev–Trinajstić information content (AvgIpc) is 2.71. The topological polar surface area (TPSA) is 81.7 Å². The SMILES string of the molecule is COC(=O)[C@@H](Cc1ccc(C(=O)OC(C)(C)C)cc1)NC(=O)Cc1ccc(C(F)(F)F)cc1. The van der Waals surface area contributed by atoms with Crippen molar-refractivity contribution < 1.29 is 37.0 Å². The highest BCUT2D eigenvalue weighted by atomic mass is 19.4. The number of methoxy groups -OCH3 is 1. The minimum Gasteiger partial charge on any atom is -0.467 e. The number of ether oxygens (including phenoxy) is 2. The lowest BCUT2D eigenvalue weighted by atomic mass is 10.0. The molecule has 2 aromatic carbocycles. The molecule has 0 aliphatic carbocycles. The van der Waals surface area contributed by atoms with Gasteiger partial charge in [0.25, 0.3) is 0 Å². The summed E-state index contributed by atoms with van der Waals surface area (Å²) in [6.07, 6.45) is -4.57. The fraction of sp³-hybridized carbons (Fsp3) is 0.375. The van der Waals surface area contributed by atoms with E-state index in [9.17, 15) is 27.6 Å². The molecule has 2 rings (SSSR count). The lowest BCUT2D eigenvalue weighted by Gasteiger charge is -2.20. The van der Waals surface area contributed by atoms with Crippen molar-refractivity contribution in [2.75, 3.05) is 7.11 Å². The van der Waals surface area contributed by atoms with Crippen LogP contribution in [0.5, 0.6) is 0 Å². The minimum atomic E-state index is -4.46. The number of nitrogens with one attached hydrogen (secondary N) is 1. The van der Waals surface area contributed by atoms with Gasteiger partial charge in [-0.1, -0.05) is 24.3 Å². The molecule has 0 aromatic heterocycles. The zero-order chi connectivity index (χ0) is 24.8. The van der Waals surface area contributed by atoms with Crippen molar-refractivity contribution in [2.24, 2.45) is 0 Å². The van der Waals surface area contributed by atoms with Gasteiger partial charge in [0.2, 0.25) is 5.91 Å². The van der Waals surface area contributed by atoms with Crippen molar-refractivity contribution in [3.8, 4) is 0 Å². The standard InChI is InChI=1S/C24H26F3NO5/c1-23(2,3)33-21(30)17-9-5-15(6-10-17)13-19(22(31)32-4)28-20(29)14-16-7-11-18(12-8-16)24(25,26)27/h5-12,19H,13-14H2,1-4H3,(H,28,29)/t19-/m1/s1. The molecule has 0 saturated carbocycles. The van der Waals surface area contributed by atoms with Crippen LogP contribution in [0.25, 0.3) is 0 Å². The molecular formula is C24H26F3NO5. The number of alkyl halides is 3. The number of rotatable bonds is 7. The van der Waals surface area contributed by atoms with Gasteiger partial charge < -0.3 is 14.8 Å². The Kier molecular flexibility index (Phi) is 8.24. The summed E-state index contributed by atoms with van der Waals surface area (Å²) in [5.41, 5.74) is -0.0785. The lowest BCUT2D eigenvalue weighted by molar-refractivity contribution is -0.145. The number of hydrogen-bond acceptors (Lipinski definition) is 5. The number of amides is 1. The highest BCUT2D eigenvalue weighted by Gasteiger charge is 2.30. The van der Waals surface area contributed by atoms with E-state index >= 15 is 0 Å². The van der Waals surface area contributed by atoms with Crippen molar-refractivity contribution in [1.82, 2.24) is 5.32 Å². The molecule has 9 heteroatoms. The number of carbonyl (C=O) groups excluding carboxylic acids is 3. The zero-order valence-corrected chi connectivity index (χ0v) is 18.8. The zero-order valence-electron chi connectivity index (χ0n) is 18.8. The van der Waals surface area contributed by atoms with E-state index in [1.165, 1.54) is 19.2 Å². The van der Waals surface area contributed by atoms with Gasteiger partial charge in [-0.2, -0.15) is 13.2 Å². The second-order valence-corrected chi connectivity index (χ2v) is 8.42. The molecule has 1 atom stereocenters. The Labute approximate surface area is 190 Å². The van der Waals surface area contributed by atoms with E-state index in [1.54, 1.807) is 45.0 Å². The molecule has 0 spiro atoms. The van der Waals surface area contributed by atoms with Crippen LogP contribution in [-0.4, -0.2) is 36.6 Å². The second kappa shape index (κ2) is 10.5. The quantitative estimate of drug-likeness (QED) is 0.623. The van der Waals surface area contributed by atoms with Gasteiger partial charge in [-0.3, -0.25) is 4.79 Å². The first-order valence-electron chi connectivity index (χ1n) is 10.1. The van der Waals surface area contributed by atoms with E-state index < -0.39 is 41.2 Å². The summed E-state index contributed by atoms with van der Waals surface area (Å²) in [7, 11) is 1.18. The summed E-state index contributed by atoms with van der Waals surface area (Å²) in [6, 6.07) is 9.59. The third kappa shape index (κ3) is 8.25. The van der Waals surface area contributed by atoms with Crippen molar-refractivity contribution in [3.63, 3.8) is 0 Å². The molecule has 178 valence electrons. The van der Waals surface area contributed by atoms with Crippen molar-refractivity contribution in [1.29, 1.82) is 0 Å². The third-order valence-electron chi connectivity index (χ3n) is 4.50. The molecule has 0 fully saturated rings. The van der Waals surface area contributed by atoms with Gasteiger partial charge in [0.1, 0.15) is 11.6 Å². The molecule has 1 N–H and O–H groups in total.